The van der Waals surface area contributed by atoms with E-state index in [2.05, 4.69) is 25.6 Å². The second-order valence-corrected chi connectivity index (χ2v) is 5.47. The number of hydrogen-bond donors (Lipinski definition) is 1. The number of thioether (sulfide) groups is 1. The lowest BCUT2D eigenvalue weighted by Gasteiger charge is -2.28. The largest absolute Gasteiger partial charge is 0.327 e. The molecule has 1 aliphatic rings. The molecule has 1 nitrogen and oxygen atoms in total. The predicted molar refractivity (Wildman–Crippen MR) is 57.5 cm³/mol. The Balaban J connectivity index is 2.24. The average Bonchev–Trinajstić information content (AvgIpc) is 2.05. The van der Waals surface area contributed by atoms with Gasteiger partial charge >= 0.3 is 0 Å². The van der Waals surface area contributed by atoms with E-state index >= 15 is 0 Å². The molecular formula is C10H21NS. The van der Waals surface area contributed by atoms with Crippen LogP contribution in [0.3, 0.4) is 0 Å². The Morgan fingerprint density at radius 3 is 2.42 bits per heavy atom. The molecule has 1 heterocycles. The van der Waals surface area contributed by atoms with Crippen LogP contribution in [0.2, 0.25) is 0 Å². The van der Waals surface area contributed by atoms with Crippen LogP contribution in [0.5, 0.6) is 0 Å². The standard InChI is InChI=1S/C10H21NS/c1-8(2)7-10(11)9-3-5-12-6-4-9/h8-10H,3-7,11H2,1-2H3. The zero-order valence-corrected chi connectivity index (χ0v) is 9.07. The summed E-state index contributed by atoms with van der Waals surface area (Å²) in [6.07, 6.45) is 3.90. The van der Waals surface area contributed by atoms with Crippen LogP contribution in [-0.2, 0) is 0 Å². The van der Waals surface area contributed by atoms with Crippen LogP contribution in [0.15, 0.2) is 0 Å². The Morgan fingerprint density at radius 2 is 1.92 bits per heavy atom. The average molecular weight is 187 g/mol. The fourth-order valence-electron chi connectivity index (χ4n) is 1.88. The summed E-state index contributed by atoms with van der Waals surface area (Å²) in [5.74, 6) is 4.23. The summed E-state index contributed by atoms with van der Waals surface area (Å²) in [5.41, 5.74) is 6.14. The third-order valence-corrected chi connectivity index (χ3v) is 3.66. The van der Waals surface area contributed by atoms with Crippen molar-refractivity contribution in [3.05, 3.63) is 0 Å². The van der Waals surface area contributed by atoms with E-state index in [-0.39, 0.29) is 0 Å². The first-order valence-electron chi connectivity index (χ1n) is 5.03. The van der Waals surface area contributed by atoms with E-state index in [1.807, 2.05) is 0 Å². The molecule has 2 heteroatoms. The SMILES string of the molecule is CC(C)CC(N)C1CCSCC1. The number of hydrogen-bond acceptors (Lipinski definition) is 2. The van der Waals surface area contributed by atoms with Gasteiger partial charge in [-0.15, -0.1) is 0 Å². The molecule has 1 atom stereocenters. The normalized spacial score (nSPS) is 23.0. The highest BCUT2D eigenvalue weighted by Crippen LogP contribution is 2.26. The molecule has 1 rings (SSSR count). The smallest absolute Gasteiger partial charge is 0.00701 e. The Bertz CT molecular complexity index is 119. The lowest BCUT2D eigenvalue weighted by molar-refractivity contribution is 0.343. The summed E-state index contributed by atoms with van der Waals surface area (Å²) in [7, 11) is 0. The van der Waals surface area contributed by atoms with Crippen LogP contribution in [0.25, 0.3) is 0 Å². The molecule has 0 aliphatic carbocycles. The Labute approximate surface area is 80.5 Å². The predicted octanol–water partition coefficient (Wildman–Crippen LogP) is 2.50. The maximum absolute atomic E-state index is 6.14. The lowest BCUT2D eigenvalue weighted by Crippen LogP contribution is -2.33. The van der Waals surface area contributed by atoms with E-state index < -0.39 is 0 Å². The fourth-order valence-corrected chi connectivity index (χ4v) is 3.02. The van der Waals surface area contributed by atoms with E-state index in [9.17, 15) is 0 Å². The molecule has 0 radical (unpaired) electrons. The number of nitrogens with two attached hydrogens (primary N) is 1. The van der Waals surface area contributed by atoms with Crippen molar-refractivity contribution in [3.8, 4) is 0 Å². The first-order valence-corrected chi connectivity index (χ1v) is 6.19. The highest BCUT2D eigenvalue weighted by molar-refractivity contribution is 7.99. The van der Waals surface area contributed by atoms with Crippen molar-refractivity contribution in [2.24, 2.45) is 17.6 Å². The molecule has 1 unspecified atom stereocenters. The van der Waals surface area contributed by atoms with Crippen LogP contribution in [-0.4, -0.2) is 17.5 Å². The zero-order chi connectivity index (χ0) is 8.97. The minimum absolute atomic E-state index is 0.464. The summed E-state index contributed by atoms with van der Waals surface area (Å²) in [4.78, 5) is 0. The van der Waals surface area contributed by atoms with Gasteiger partial charge in [0.25, 0.3) is 0 Å². The van der Waals surface area contributed by atoms with Crippen LogP contribution >= 0.6 is 11.8 Å². The van der Waals surface area contributed by atoms with Gasteiger partial charge in [0.05, 0.1) is 0 Å². The highest BCUT2D eigenvalue weighted by atomic mass is 32.2. The summed E-state index contributed by atoms with van der Waals surface area (Å²) >= 11 is 2.08. The molecule has 0 amide bonds. The van der Waals surface area contributed by atoms with Gasteiger partial charge in [0.15, 0.2) is 0 Å². The summed E-state index contributed by atoms with van der Waals surface area (Å²) in [6, 6.07) is 0.464. The van der Waals surface area contributed by atoms with Crippen molar-refractivity contribution >= 4 is 11.8 Å². The lowest BCUT2D eigenvalue weighted by atomic mass is 9.89. The molecular weight excluding hydrogens is 166 g/mol. The van der Waals surface area contributed by atoms with E-state index in [0.29, 0.717) is 6.04 Å². The molecule has 0 saturated carbocycles. The van der Waals surface area contributed by atoms with Crippen molar-refractivity contribution in [1.29, 1.82) is 0 Å². The molecule has 1 saturated heterocycles. The van der Waals surface area contributed by atoms with Gasteiger partial charge in [0, 0.05) is 6.04 Å². The molecule has 0 spiro atoms. The second-order valence-electron chi connectivity index (χ2n) is 4.24. The summed E-state index contributed by atoms with van der Waals surface area (Å²) < 4.78 is 0. The Morgan fingerprint density at radius 1 is 1.33 bits per heavy atom. The third kappa shape index (κ3) is 3.36. The van der Waals surface area contributed by atoms with E-state index in [1.165, 1.54) is 30.8 Å². The van der Waals surface area contributed by atoms with E-state index in [0.717, 1.165) is 11.8 Å². The quantitative estimate of drug-likeness (QED) is 0.734. The Kier molecular flexibility index (Phi) is 4.44. The molecule has 0 aromatic rings. The van der Waals surface area contributed by atoms with Gasteiger partial charge in [0.1, 0.15) is 0 Å². The Hall–Kier alpha value is 0.310. The molecule has 12 heavy (non-hydrogen) atoms. The molecule has 0 aromatic heterocycles. The molecule has 72 valence electrons. The highest BCUT2D eigenvalue weighted by Gasteiger charge is 2.20. The van der Waals surface area contributed by atoms with Crippen molar-refractivity contribution in [2.75, 3.05) is 11.5 Å². The van der Waals surface area contributed by atoms with Gasteiger partial charge in [-0.2, -0.15) is 11.8 Å². The second kappa shape index (κ2) is 5.13. The van der Waals surface area contributed by atoms with Gasteiger partial charge in [0.2, 0.25) is 0 Å². The van der Waals surface area contributed by atoms with Crippen molar-refractivity contribution in [2.45, 2.75) is 39.2 Å². The van der Waals surface area contributed by atoms with E-state index in [4.69, 9.17) is 5.73 Å². The molecule has 2 N–H and O–H groups in total. The van der Waals surface area contributed by atoms with Crippen LogP contribution < -0.4 is 5.73 Å². The van der Waals surface area contributed by atoms with Crippen LogP contribution in [0, 0.1) is 11.8 Å². The van der Waals surface area contributed by atoms with Crippen molar-refractivity contribution in [1.82, 2.24) is 0 Å². The summed E-state index contributed by atoms with van der Waals surface area (Å²) in [6.45, 7) is 4.52. The van der Waals surface area contributed by atoms with Gasteiger partial charge in [-0.3, -0.25) is 0 Å². The molecule has 0 bridgehead atoms. The monoisotopic (exact) mass is 187 g/mol. The first kappa shape index (κ1) is 10.4. The molecule has 1 fully saturated rings. The van der Waals surface area contributed by atoms with Gasteiger partial charge in [-0.1, -0.05) is 13.8 Å². The van der Waals surface area contributed by atoms with Crippen LogP contribution in [0.4, 0.5) is 0 Å². The summed E-state index contributed by atoms with van der Waals surface area (Å²) in [5, 5.41) is 0. The third-order valence-electron chi connectivity index (χ3n) is 2.62. The van der Waals surface area contributed by atoms with Gasteiger partial charge in [-0.25, -0.2) is 0 Å². The maximum atomic E-state index is 6.14. The number of rotatable bonds is 3. The van der Waals surface area contributed by atoms with Crippen molar-refractivity contribution < 1.29 is 0 Å². The van der Waals surface area contributed by atoms with Gasteiger partial charge < -0.3 is 5.73 Å². The van der Waals surface area contributed by atoms with Crippen LogP contribution in [0.1, 0.15) is 33.1 Å². The maximum Gasteiger partial charge on any atom is 0.00701 e. The molecule has 0 aromatic carbocycles. The fraction of sp³-hybridized carbons (Fsp3) is 1.00. The topological polar surface area (TPSA) is 26.0 Å². The molecule has 1 aliphatic heterocycles. The minimum atomic E-state index is 0.464. The van der Waals surface area contributed by atoms with E-state index in [1.54, 1.807) is 0 Å². The van der Waals surface area contributed by atoms with Gasteiger partial charge in [-0.05, 0) is 42.6 Å². The zero-order valence-electron chi connectivity index (χ0n) is 8.25. The first-order chi connectivity index (χ1) is 5.70. The minimum Gasteiger partial charge on any atom is -0.327 e. The van der Waals surface area contributed by atoms with Crippen molar-refractivity contribution in [3.63, 3.8) is 0 Å².